The van der Waals surface area contributed by atoms with Gasteiger partial charge in [0, 0.05) is 14.3 Å². The Hall–Kier alpha value is -0.880. The van der Waals surface area contributed by atoms with E-state index in [9.17, 15) is 8.78 Å². The lowest BCUT2D eigenvalue weighted by atomic mass is 10.1. The summed E-state index contributed by atoms with van der Waals surface area (Å²) in [6.45, 7) is 1.92. The molecule has 0 bridgehead atoms. The van der Waals surface area contributed by atoms with Gasteiger partial charge in [0.05, 0.1) is 6.04 Å². The first-order valence-electron chi connectivity index (χ1n) is 5.64. The number of halogens is 4. The molecule has 0 saturated heterocycles. The second kappa shape index (κ2) is 6.05. The molecule has 2 aromatic rings. The summed E-state index contributed by atoms with van der Waals surface area (Å²) in [5, 5.41) is 3.61. The Morgan fingerprint density at radius 2 is 1.74 bits per heavy atom. The van der Waals surface area contributed by atoms with E-state index in [2.05, 4.69) is 27.9 Å². The van der Waals surface area contributed by atoms with E-state index in [1.54, 1.807) is 12.1 Å². The SMILES string of the molecule is CC(Nc1ccc(F)cc1I)c1ccc(F)cc1Cl. The minimum Gasteiger partial charge on any atom is -0.378 e. The van der Waals surface area contributed by atoms with Gasteiger partial charge in [-0.3, -0.25) is 0 Å². The van der Waals surface area contributed by atoms with Crippen molar-refractivity contribution in [2.75, 3.05) is 5.32 Å². The molecular weight excluding hydrogens is 383 g/mol. The van der Waals surface area contributed by atoms with Gasteiger partial charge in [0.25, 0.3) is 0 Å². The molecule has 19 heavy (non-hydrogen) atoms. The largest absolute Gasteiger partial charge is 0.378 e. The van der Waals surface area contributed by atoms with Crippen LogP contribution in [-0.2, 0) is 0 Å². The maximum Gasteiger partial charge on any atom is 0.124 e. The van der Waals surface area contributed by atoms with Crippen LogP contribution in [0.25, 0.3) is 0 Å². The van der Waals surface area contributed by atoms with Crippen LogP contribution in [-0.4, -0.2) is 0 Å². The first-order valence-corrected chi connectivity index (χ1v) is 7.09. The Balaban J connectivity index is 2.23. The van der Waals surface area contributed by atoms with Crippen molar-refractivity contribution in [3.8, 4) is 0 Å². The Labute approximate surface area is 129 Å². The number of hydrogen-bond donors (Lipinski definition) is 1. The zero-order valence-corrected chi connectivity index (χ0v) is 13.0. The van der Waals surface area contributed by atoms with Gasteiger partial charge in [0.2, 0.25) is 0 Å². The van der Waals surface area contributed by atoms with Crippen LogP contribution in [0.3, 0.4) is 0 Å². The zero-order chi connectivity index (χ0) is 14.0. The van der Waals surface area contributed by atoms with E-state index in [1.807, 2.05) is 6.92 Å². The molecule has 2 aromatic carbocycles. The quantitative estimate of drug-likeness (QED) is 0.689. The van der Waals surface area contributed by atoms with Gasteiger partial charge < -0.3 is 5.32 Å². The van der Waals surface area contributed by atoms with Gasteiger partial charge in [-0.05, 0) is 65.4 Å². The van der Waals surface area contributed by atoms with Gasteiger partial charge in [-0.2, -0.15) is 0 Å². The average Bonchev–Trinajstić information content (AvgIpc) is 2.32. The monoisotopic (exact) mass is 393 g/mol. The molecule has 0 heterocycles. The number of benzene rings is 2. The summed E-state index contributed by atoms with van der Waals surface area (Å²) in [7, 11) is 0. The van der Waals surface area contributed by atoms with Crippen molar-refractivity contribution in [2.45, 2.75) is 13.0 Å². The molecule has 0 aliphatic carbocycles. The Morgan fingerprint density at radius 1 is 1.11 bits per heavy atom. The molecule has 100 valence electrons. The van der Waals surface area contributed by atoms with Gasteiger partial charge in [-0.25, -0.2) is 8.78 Å². The molecule has 1 unspecified atom stereocenters. The first-order chi connectivity index (χ1) is 8.97. The van der Waals surface area contributed by atoms with Crippen LogP contribution < -0.4 is 5.32 Å². The van der Waals surface area contributed by atoms with Crippen LogP contribution in [0.4, 0.5) is 14.5 Å². The number of hydrogen-bond acceptors (Lipinski definition) is 1. The molecule has 5 heteroatoms. The fourth-order valence-electron chi connectivity index (χ4n) is 1.77. The molecule has 0 aromatic heterocycles. The molecule has 1 nitrogen and oxygen atoms in total. The van der Waals surface area contributed by atoms with Crippen molar-refractivity contribution in [3.05, 3.63) is 62.2 Å². The third kappa shape index (κ3) is 3.57. The lowest BCUT2D eigenvalue weighted by molar-refractivity contribution is 0.625. The molecule has 0 amide bonds. The third-order valence-corrected chi connectivity index (χ3v) is 3.95. The summed E-state index contributed by atoms with van der Waals surface area (Å²) >= 11 is 8.07. The fourth-order valence-corrected chi connectivity index (χ4v) is 2.73. The molecule has 1 atom stereocenters. The summed E-state index contributed by atoms with van der Waals surface area (Å²) in [6.07, 6.45) is 0. The molecule has 0 aliphatic rings. The van der Waals surface area contributed by atoms with Crippen LogP contribution in [0.1, 0.15) is 18.5 Å². The van der Waals surface area contributed by atoms with Crippen molar-refractivity contribution >= 4 is 39.9 Å². The van der Waals surface area contributed by atoms with Crippen LogP contribution >= 0.6 is 34.2 Å². The van der Waals surface area contributed by atoms with E-state index in [0.717, 1.165) is 14.8 Å². The van der Waals surface area contributed by atoms with Crippen molar-refractivity contribution in [1.29, 1.82) is 0 Å². The van der Waals surface area contributed by atoms with E-state index in [-0.39, 0.29) is 17.7 Å². The van der Waals surface area contributed by atoms with Gasteiger partial charge in [0.1, 0.15) is 11.6 Å². The minimum absolute atomic E-state index is 0.105. The summed E-state index contributed by atoms with van der Waals surface area (Å²) in [5.41, 5.74) is 1.61. The van der Waals surface area contributed by atoms with E-state index < -0.39 is 0 Å². The Morgan fingerprint density at radius 3 is 2.37 bits per heavy atom. The lowest BCUT2D eigenvalue weighted by Gasteiger charge is -2.18. The molecule has 0 fully saturated rings. The number of anilines is 1. The topological polar surface area (TPSA) is 12.0 Å². The summed E-state index contributed by atoms with van der Waals surface area (Å²) in [4.78, 5) is 0. The summed E-state index contributed by atoms with van der Waals surface area (Å²) in [6, 6.07) is 8.70. The predicted molar refractivity (Wildman–Crippen MR) is 82.6 cm³/mol. The zero-order valence-electron chi connectivity index (χ0n) is 10.1. The lowest BCUT2D eigenvalue weighted by Crippen LogP contribution is -2.08. The average molecular weight is 394 g/mol. The highest BCUT2D eigenvalue weighted by molar-refractivity contribution is 14.1. The van der Waals surface area contributed by atoms with E-state index >= 15 is 0 Å². The van der Waals surface area contributed by atoms with E-state index in [0.29, 0.717) is 5.02 Å². The van der Waals surface area contributed by atoms with E-state index in [1.165, 1.54) is 24.3 Å². The van der Waals surface area contributed by atoms with Crippen LogP contribution in [0.15, 0.2) is 36.4 Å². The maximum atomic E-state index is 13.0. The van der Waals surface area contributed by atoms with E-state index in [4.69, 9.17) is 11.6 Å². The second-order valence-electron chi connectivity index (χ2n) is 4.16. The van der Waals surface area contributed by atoms with Gasteiger partial charge in [0.15, 0.2) is 0 Å². The summed E-state index contributed by atoms with van der Waals surface area (Å²) < 4.78 is 26.8. The third-order valence-electron chi connectivity index (χ3n) is 2.73. The minimum atomic E-state index is -0.364. The van der Waals surface area contributed by atoms with Crippen molar-refractivity contribution in [2.24, 2.45) is 0 Å². The Kier molecular flexibility index (Phi) is 4.62. The van der Waals surface area contributed by atoms with Crippen molar-refractivity contribution in [3.63, 3.8) is 0 Å². The molecular formula is C14H11ClF2IN. The first kappa shape index (κ1) is 14.5. The smallest absolute Gasteiger partial charge is 0.124 e. The number of rotatable bonds is 3. The fraction of sp³-hybridized carbons (Fsp3) is 0.143. The highest BCUT2D eigenvalue weighted by atomic mass is 127. The second-order valence-corrected chi connectivity index (χ2v) is 5.73. The molecule has 2 rings (SSSR count). The van der Waals surface area contributed by atoms with Gasteiger partial charge in [-0.1, -0.05) is 17.7 Å². The molecule has 0 aliphatic heterocycles. The van der Waals surface area contributed by atoms with Crippen LogP contribution in [0, 0.1) is 15.2 Å². The highest BCUT2D eigenvalue weighted by Gasteiger charge is 2.12. The van der Waals surface area contributed by atoms with Gasteiger partial charge >= 0.3 is 0 Å². The van der Waals surface area contributed by atoms with Gasteiger partial charge in [-0.15, -0.1) is 0 Å². The van der Waals surface area contributed by atoms with Crippen LogP contribution in [0.5, 0.6) is 0 Å². The van der Waals surface area contributed by atoms with Crippen molar-refractivity contribution in [1.82, 2.24) is 0 Å². The highest BCUT2D eigenvalue weighted by Crippen LogP contribution is 2.28. The van der Waals surface area contributed by atoms with Crippen LogP contribution in [0.2, 0.25) is 5.02 Å². The maximum absolute atomic E-state index is 13.0. The molecule has 1 N–H and O–H groups in total. The molecule has 0 radical (unpaired) electrons. The summed E-state index contributed by atoms with van der Waals surface area (Å²) in [5.74, 6) is -0.639. The Bertz CT molecular complexity index is 604. The predicted octanol–water partition coefficient (Wildman–Crippen LogP) is 5.40. The standard InChI is InChI=1S/C14H11ClF2IN/c1-8(11-4-2-9(16)6-12(11)15)19-14-5-3-10(17)7-13(14)18/h2-8,19H,1H3. The number of nitrogens with one attached hydrogen (secondary N) is 1. The normalized spacial score (nSPS) is 12.3. The molecule has 0 saturated carbocycles. The van der Waals surface area contributed by atoms with Crippen molar-refractivity contribution < 1.29 is 8.78 Å². The molecule has 0 spiro atoms.